The van der Waals surface area contributed by atoms with E-state index in [0.717, 1.165) is 29.6 Å². The Bertz CT molecular complexity index is 210. The van der Waals surface area contributed by atoms with Gasteiger partial charge < -0.3 is 5.32 Å². The van der Waals surface area contributed by atoms with Crippen LogP contribution in [0.1, 0.15) is 60.8 Å². The first-order valence-electron chi connectivity index (χ1n) is 7.72. The predicted molar refractivity (Wildman–Crippen MR) is 77.1 cm³/mol. The highest BCUT2D eigenvalue weighted by molar-refractivity contribution is 4.95. The lowest BCUT2D eigenvalue weighted by Crippen LogP contribution is -2.33. The summed E-state index contributed by atoms with van der Waals surface area (Å²) in [5.41, 5.74) is 0. The highest BCUT2D eigenvalue weighted by Gasteiger charge is 2.46. The Morgan fingerprint density at radius 2 is 1.76 bits per heavy atom. The van der Waals surface area contributed by atoms with Gasteiger partial charge in [-0.2, -0.15) is 0 Å². The second-order valence-electron chi connectivity index (χ2n) is 6.70. The van der Waals surface area contributed by atoms with Gasteiger partial charge in [0, 0.05) is 6.04 Å². The van der Waals surface area contributed by atoms with Crippen molar-refractivity contribution in [3.63, 3.8) is 0 Å². The zero-order valence-corrected chi connectivity index (χ0v) is 12.8. The molecule has 1 fully saturated rings. The molecule has 1 rings (SSSR count). The molecule has 1 saturated carbocycles. The van der Waals surface area contributed by atoms with Crippen molar-refractivity contribution < 1.29 is 0 Å². The van der Waals surface area contributed by atoms with Crippen molar-refractivity contribution in [2.24, 2.45) is 29.6 Å². The Kier molecular flexibility index (Phi) is 5.99. The van der Waals surface area contributed by atoms with E-state index < -0.39 is 0 Å². The summed E-state index contributed by atoms with van der Waals surface area (Å²) in [6, 6.07) is 0.715. The van der Waals surface area contributed by atoms with Crippen LogP contribution in [0, 0.1) is 29.6 Å². The fourth-order valence-corrected chi connectivity index (χ4v) is 3.61. The van der Waals surface area contributed by atoms with Crippen molar-refractivity contribution in [2.45, 2.75) is 66.8 Å². The molecule has 1 heteroatoms. The number of nitrogens with one attached hydrogen (secondary N) is 1. The first-order chi connectivity index (χ1) is 7.99. The lowest BCUT2D eigenvalue weighted by atomic mass is 10.0. The average Bonchev–Trinajstić information content (AvgIpc) is 2.88. The van der Waals surface area contributed by atoms with E-state index in [-0.39, 0.29) is 0 Å². The maximum absolute atomic E-state index is 3.71. The minimum absolute atomic E-state index is 0.715. The van der Waals surface area contributed by atoms with Crippen LogP contribution in [-0.2, 0) is 0 Å². The molecule has 1 nitrogen and oxygen atoms in total. The fourth-order valence-electron chi connectivity index (χ4n) is 3.61. The molecule has 0 amide bonds. The van der Waals surface area contributed by atoms with Gasteiger partial charge in [-0.1, -0.05) is 41.5 Å². The van der Waals surface area contributed by atoms with Crippen molar-refractivity contribution in [3.05, 3.63) is 0 Å². The van der Waals surface area contributed by atoms with E-state index in [2.05, 4.69) is 46.9 Å². The zero-order chi connectivity index (χ0) is 13.0. The third-order valence-electron chi connectivity index (χ3n) is 4.77. The monoisotopic (exact) mass is 239 g/mol. The van der Waals surface area contributed by atoms with Crippen LogP contribution in [-0.4, -0.2) is 12.6 Å². The van der Waals surface area contributed by atoms with Gasteiger partial charge in [0.1, 0.15) is 0 Å². The summed E-state index contributed by atoms with van der Waals surface area (Å²) < 4.78 is 0. The molecule has 17 heavy (non-hydrogen) atoms. The Hall–Kier alpha value is -0.0400. The lowest BCUT2D eigenvalue weighted by molar-refractivity contribution is 0.380. The topological polar surface area (TPSA) is 12.0 Å². The summed E-state index contributed by atoms with van der Waals surface area (Å²) in [5.74, 6) is 4.69. The van der Waals surface area contributed by atoms with Crippen LogP contribution >= 0.6 is 0 Å². The molecule has 4 atom stereocenters. The molecule has 1 aliphatic rings. The first-order valence-corrected chi connectivity index (χ1v) is 7.72. The minimum Gasteiger partial charge on any atom is -0.314 e. The predicted octanol–water partition coefficient (Wildman–Crippen LogP) is 4.33. The number of hydrogen-bond donors (Lipinski definition) is 1. The molecule has 0 spiro atoms. The number of rotatable bonds is 8. The third-order valence-corrected chi connectivity index (χ3v) is 4.77. The van der Waals surface area contributed by atoms with Crippen molar-refractivity contribution in [3.8, 4) is 0 Å². The van der Waals surface area contributed by atoms with E-state index in [9.17, 15) is 0 Å². The van der Waals surface area contributed by atoms with Gasteiger partial charge in [-0.25, -0.2) is 0 Å². The van der Waals surface area contributed by atoms with E-state index in [1.807, 2.05) is 0 Å². The van der Waals surface area contributed by atoms with E-state index >= 15 is 0 Å². The Morgan fingerprint density at radius 3 is 2.18 bits per heavy atom. The molecule has 0 saturated heterocycles. The molecular formula is C16H33N. The SMILES string of the molecule is CCC(NCCCC1C(C)C1C(C)C)C(C)C. The van der Waals surface area contributed by atoms with Gasteiger partial charge in [-0.15, -0.1) is 0 Å². The van der Waals surface area contributed by atoms with Gasteiger partial charge in [0.25, 0.3) is 0 Å². The summed E-state index contributed by atoms with van der Waals surface area (Å²) in [5, 5.41) is 3.71. The van der Waals surface area contributed by atoms with Crippen molar-refractivity contribution in [2.75, 3.05) is 6.54 Å². The van der Waals surface area contributed by atoms with Gasteiger partial charge in [0.05, 0.1) is 0 Å². The summed E-state index contributed by atoms with van der Waals surface area (Å²) in [6.07, 6.45) is 4.05. The molecule has 0 aromatic rings. The summed E-state index contributed by atoms with van der Waals surface area (Å²) in [7, 11) is 0. The standard InChI is InChI=1S/C16H33N/c1-7-15(11(2)3)17-10-8-9-14-13(6)16(14)12(4)5/h11-17H,7-10H2,1-6H3. The molecule has 0 heterocycles. The molecule has 0 bridgehead atoms. The second-order valence-corrected chi connectivity index (χ2v) is 6.70. The van der Waals surface area contributed by atoms with E-state index in [1.165, 1.54) is 25.8 Å². The summed E-state index contributed by atoms with van der Waals surface area (Å²) in [4.78, 5) is 0. The highest BCUT2D eigenvalue weighted by atomic mass is 14.9. The maximum atomic E-state index is 3.71. The summed E-state index contributed by atoms with van der Waals surface area (Å²) in [6.45, 7) is 15.3. The molecule has 0 aliphatic heterocycles. The Labute approximate surface area is 109 Å². The molecule has 1 aliphatic carbocycles. The van der Waals surface area contributed by atoms with Crippen LogP contribution < -0.4 is 5.32 Å². The second kappa shape index (κ2) is 6.78. The quantitative estimate of drug-likeness (QED) is 0.622. The van der Waals surface area contributed by atoms with Crippen LogP contribution in [0.5, 0.6) is 0 Å². The van der Waals surface area contributed by atoms with Crippen LogP contribution in [0.4, 0.5) is 0 Å². The normalized spacial score (nSPS) is 30.0. The summed E-state index contributed by atoms with van der Waals surface area (Å²) >= 11 is 0. The van der Waals surface area contributed by atoms with Crippen molar-refractivity contribution >= 4 is 0 Å². The van der Waals surface area contributed by atoms with Crippen LogP contribution in [0.25, 0.3) is 0 Å². The minimum atomic E-state index is 0.715. The molecule has 1 N–H and O–H groups in total. The van der Waals surface area contributed by atoms with E-state index in [4.69, 9.17) is 0 Å². The van der Waals surface area contributed by atoms with Crippen LogP contribution in [0.3, 0.4) is 0 Å². The molecule has 102 valence electrons. The fraction of sp³-hybridized carbons (Fsp3) is 1.00. The van der Waals surface area contributed by atoms with Crippen molar-refractivity contribution in [1.29, 1.82) is 0 Å². The smallest absolute Gasteiger partial charge is 0.00874 e. The maximum Gasteiger partial charge on any atom is 0.00874 e. The van der Waals surface area contributed by atoms with Gasteiger partial charge in [-0.05, 0) is 55.4 Å². The molecule has 4 unspecified atom stereocenters. The molecular weight excluding hydrogens is 206 g/mol. The first kappa shape index (κ1) is 15.0. The van der Waals surface area contributed by atoms with E-state index in [0.29, 0.717) is 6.04 Å². The average molecular weight is 239 g/mol. The van der Waals surface area contributed by atoms with E-state index in [1.54, 1.807) is 0 Å². The Balaban J connectivity index is 2.09. The van der Waals surface area contributed by atoms with Crippen molar-refractivity contribution in [1.82, 2.24) is 5.32 Å². The molecule has 0 aromatic heterocycles. The third kappa shape index (κ3) is 4.28. The van der Waals surface area contributed by atoms with Gasteiger partial charge in [0.15, 0.2) is 0 Å². The molecule has 0 radical (unpaired) electrons. The van der Waals surface area contributed by atoms with Gasteiger partial charge >= 0.3 is 0 Å². The lowest BCUT2D eigenvalue weighted by Gasteiger charge is -2.20. The van der Waals surface area contributed by atoms with Gasteiger partial charge in [-0.3, -0.25) is 0 Å². The molecule has 0 aromatic carbocycles. The Morgan fingerprint density at radius 1 is 1.12 bits per heavy atom. The van der Waals surface area contributed by atoms with Gasteiger partial charge in [0.2, 0.25) is 0 Å². The van der Waals surface area contributed by atoms with Crippen LogP contribution in [0.15, 0.2) is 0 Å². The number of hydrogen-bond acceptors (Lipinski definition) is 1. The largest absolute Gasteiger partial charge is 0.314 e. The highest BCUT2D eigenvalue weighted by Crippen LogP contribution is 2.52. The van der Waals surface area contributed by atoms with Crippen LogP contribution in [0.2, 0.25) is 0 Å². The zero-order valence-electron chi connectivity index (χ0n) is 12.8.